The van der Waals surface area contributed by atoms with Crippen molar-refractivity contribution in [2.24, 2.45) is 0 Å². The number of carboxylic acids is 1. The highest BCUT2D eigenvalue weighted by atomic mass is 32.2. The second kappa shape index (κ2) is 6.44. The summed E-state index contributed by atoms with van der Waals surface area (Å²) in [5.74, 6) is -0.809. The minimum Gasteiger partial charge on any atom is -0.481 e. The first-order valence-electron chi connectivity index (χ1n) is 6.94. The number of benzene rings is 1. The molecule has 6 nitrogen and oxygen atoms in total. The molecule has 1 aliphatic carbocycles. The highest BCUT2D eigenvalue weighted by Crippen LogP contribution is 2.23. The molecule has 0 atom stereocenters. The van der Waals surface area contributed by atoms with Gasteiger partial charge in [0, 0.05) is 31.7 Å². The zero-order chi connectivity index (χ0) is 15.5. The molecule has 1 fully saturated rings. The van der Waals surface area contributed by atoms with Crippen LogP contribution in [0.15, 0.2) is 29.2 Å². The van der Waals surface area contributed by atoms with Gasteiger partial charge < -0.3 is 10.0 Å². The Morgan fingerprint density at radius 3 is 2.48 bits per heavy atom. The van der Waals surface area contributed by atoms with Gasteiger partial charge in [-0.15, -0.1) is 0 Å². The Labute approximate surface area is 124 Å². The van der Waals surface area contributed by atoms with E-state index in [1.54, 1.807) is 24.3 Å². The third-order valence-electron chi connectivity index (χ3n) is 3.37. The van der Waals surface area contributed by atoms with Crippen molar-refractivity contribution in [3.8, 4) is 0 Å². The van der Waals surface area contributed by atoms with Gasteiger partial charge in [-0.2, -0.15) is 0 Å². The Bertz CT molecular complexity index is 594. The number of nitrogens with zero attached hydrogens (tertiary/aromatic N) is 1. The summed E-state index contributed by atoms with van der Waals surface area (Å²) < 4.78 is 26.7. The van der Waals surface area contributed by atoms with Crippen molar-refractivity contribution in [3.05, 3.63) is 24.3 Å². The summed E-state index contributed by atoms with van der Waals surface area (Å²) in [6.07, 6.45) is 2.49. The summed E-state index contributed by atoms with van der Waals surface area (Å²) in [6, 6.07) is 6.72. The predicted molar refractivity (Wildman–Crippen MR) is 79.9 cm³/mol. The van der Waals surface area contributed by atoms with Crippen LogP contribution >= 0.6 is 0 Å². The van der Waals surface area contributed by atoms with Crippen molar-refractivity contribution >= 4 is 21.7 Å². The van der Waals surface area contributed by atoms with Gasteiger partial charge in [0.1, 0.15) is 0 Å². The van der Waals surface area contributed by atoms with Gasteiger partial charge in [0.15, 0.2) is 0 Å². The van der Waals surface area contributed by atoms with Crippen molar-refractivity contribution in [1.29, 1.82) is 0 Å². The Kier molecular flexibility index (Phi) is 4.84. The maximum absolute atomic E-state index is 12.0. The quantitative estimate of drug-likeness (QED) is 0.758. The van der Waals surface area contributed by atoms with Crippen molar-refractivity contribution in [3.63, 3.8) is 0 Å². The van der Waals surface area contributed by atoms with E-state index in [1.807, 2.05) is 11.9 Å². The zero-order valence-corrected chi connectivity index (χ0v) is 12.8. The maximum atomic E-state index is 12.0. The lowest BCUT2D eigenvalue weighted by Gasteiger charge is -2.19. The Morgan fingerprint density at radius 1 is 1.33 bits per heavy atom. The monoisotopic (exact) mass is 312 g/mol. The number of aliphatic carboxylic acids is 1. The van der Waals surface area contributed by atoms with Crippen LogP contribution in [0.2, 0.25) is 0 Å². The van der Waals surface area contributed by atoms with E-state index in [0.717, 1.165) is 18.5 Å². The second-order valence-electron chi connectivity index (χ2n) is 5.31. The van der Waals surface area contributed by atoms with E-state index in [-0.39, 0.29) is 17.4 Å². The zero-order valence-electron chi connectivity index (χ0n) is 11.9. The third-order valence-corrected chi connectivity index (χ3v) is 4.91. The molecule has 0 aromatic heterocycles. The molecular formula is C14H20N2O4S. The minimum atomic E-state index is -3.41. The molecule has 1 aromatic carbocycles. The molecule has 0 radical (unpaired) electrons. The fourth-order valence-corrected chi connectivity index (χ4v) is 3.27. The molecule has 1 saturated carbocycles. The van der Waals surface area contributed by atoms with E-state index in [0.29, 0.717) is 13.0 Å². The van der Waals surface area contributed by atoms with E-state index in [2.05, 4.69) is 4.72 Å². The second-order valence-corrected chi connectivity index (χ2v) is 7.02. The fourth-order valence-electron chi connectivity index (χ4n) is 1.96. The van der Waals surface area contributed by atoms with E-state index in [1.165, 1.54) is 0 Å². The Balaban J connectivity index is 1.96. The van der Waals surface area contributed by atoms with Crippen LogP contribution in [-0.4, -0.2) is 39.1 Å². The largest absolute Gasteiger partial charge is 0.481 e. The molecule has 2 rings (SSSR count). The summed E-state index contributed by atoms with van der Waals surface area (Å²) >= 11 is 0. The first kappa shape index (κ1) is 15.8. The van der Waals surface area contributed by atoms with Gasteiger partial charge >= 0.3 is 5.97 Å². The molecule has 116 valence electrons. The molecule has 0 unspecified atom stereocenters. The van der Waals surface area contributed by atoms with E-state index in [4.69, 9.17) is 5.11 Å². The molecule has 0 aliphatic heterocycles. The van der Waals surface area contributed by atoms with Gasteiger partial charge in [0.05, 0.1) is 4.90 Å². The summed E-state index contributed by atoms with van der Waals surface area (Å²) in [7, 11) is -1.56. The summed E-state index contributed by atoms with van der Waals surface area (Å²) in [4.78, 5) is 12.6. The van der Waals surface area contributed by atoms with Gasteiger partial charge in [0.25, 0.3) is 0 Å². The van der Waals surface area contributed by atoms with Crippen molar-refractivity contribution in [2.75, 3.05) is 18.5 Å². The molecule has 0 saturated heterocycles. The highest BCUT2D eigenvalue weighted by Gasteiger charge is 2.27. The van der Waals surface area contributed by atoms with Gasteiger partial charge in [-0.25, -0.2) is 13.1 Å². The molecule has 7 heteroatoms. The molecule has 1 aromatic rings. The van der Waals surface area contributed by atoms with Crippen LogP contribution in [-0.2, 0) is 14.8 Å². The van der Waals surface area contributed by atoms with Crippen LogP contribution in [0.1, 0.15) is 25.7 Å². The molecule has 2 N–H and O–H groups in total. The van der Waals surface area contributed by atoms with E-state index in [9.17, 15) is 13.2 Å². The molecule has 21 heavy (non-hydrogen) atoms. The van der Waals surface area contributed by atoms with Crippen molar-refractivity contribution in [2.45, 2.75) is 36.6 Å². The van der Waals surface area contributed by atoms with Crippen molar-refractivity contribution in [1.82, 2.24) is 4.72 Å². The number of rotatable bonds is 8. The number of hydrogen-bond acceptors (Lipinski definition) is 4. The van der Waals surface area contributed by atoms with E-state index >= 15 is 0 Å². The third kappa shape index (κ3) is 4.71. The molecule has 0 heterocycles. The van der Waals surface area contributed by atoms with Crippen LogP contribution in [0.25, 0.3) is 0 Å². The smallest absolute Gasteiger partial charge is 0.303 e. The number of carbonyl (C=O) groups is 1. The predicted octanol–water partition coefficient (Wildman–Crippen LogP) is 1.43. The average Bonchev–Trinajstić information content (AvgIpc) is 3.21. The summed E-state index contributed by atoms with van der Waals surface area (Å²) in [5.41, 5.74) is 0.866. The van der Waals surface area contributed by atoms with Crippen LogP contribution in [0, 0.1) is 0 Å². The molecule has 0 amide bonds. The fraction of sp³-hybridized carbons (Fsp3) is 0.500. The molecule has 1 aliphatic rings. The van der Waals surface area contributed by atoms with Crippen molar-refractivity contribution < 1.29 is 18.3 Å². The maximum Gasteiger partial charge on any atom is 0.303 e. The van der Waals surface area contributed by atoms with E-state index < -0.39 is 16.0 Å². The number of nitrogens with one attached hydrogen (secondary N) is 1. The molecule has 0 spiro atoms. The number of hydrogen-bond donors (Lipinski definition) is 2. The van der Waals surface area contributed by atoms with Crippen LogP contribution < -0.4 is 9.62 Å². The average molecular weight is 312 g/mol. The minimum absolute atomic E-state index is 0.0911. The lowest BCUT2D eigenvalue weighted by atomic mass is 10.2. The number of anilines is 1. The SMILES string of the molecule is CN(CCCC(=O)O)c1ccc(S(=O)(=O)NC2CC2)cc1. The Morgan fingerprint density at radius 2 is 1.95 bits per heavy atom. The topological polar surface area (TPSA) is 86.7 Å². The standard InChI is InChI=1S/C14H20N2O4S/c1-16(10-2-3-14(17)18)12-6-8-13(9-7-12)21(19,20)15-11-4-5-11/h6-9,11,15H,2-5,10H2,1H3,(H,17,18). The lowest BCUT2D eigenvalue weighted by Crippen LogP contribution is -2.25. The van der Waals surface area contributed by atoms with Gasteiger partial charge in [-0.3, -0.25) is 4.79 Å². The first-order chi connectivity index (χ1) is 9.88. The highest BCUT2D eigenvalue weighted by molar-refractivity contribution is 7.89. The summed E-state index contributed by atoms with van der Waals surface area (Å²) in [6.45, 7) is 0.610. The molecular weight excluding hydrogens is 292 g/mol. The van der Waals surface area contributed by atoms with Crippen LogP contribution in [0.5, 0.6) is 0 Å². The molecule has 0 bridgehead atoms. The number of carboxylic acid groups (broad SMARTS) is 1. The van der Waals surface area contributed by atoms with Gasteiger partial charge in [-0.05, 0) is 43.5 Å². The normalized spacial score (nSPS) is 14.9. The Hall–Kier alpha value is -1.60. The van der Waals surface area contributed by atoms with Crippen LogP contribution in [0.4, 0.5) is 5.69 Å². The first-order valence-corrected chi connectivity index (χ1v) is 8.42. The van der Waals surface area contributed by atoms with Gasteiger partial charge in [-0.1, -0.05) is 0 Å². The lowest BCUT2D eigenvalue weighted by molar-refractivity contribution is -0.137. The summed E-state index contributed by atoms with van der Waals surface area (Å²) in [5, 5.41) is 8.61. The van der Waals surface area contributed by atoms with Crippen LogP contribution in [0.3, 0.4) is 0 Å². The number of sulfonamides is 1. The van der Waals surface area contributed by atoms with Gasteiger partial charge in [0.2, 0.25) is 10.0 Å².